The molecule has 0 heterocycles. The van der Waals surface area contributed by atoms with Crippen LogP contribution in [-0.2, 0) is 28.2 Å². The summed E-state index contributed by atoms with van der Waals surface area (Å²) in [6.07, 6.45) is 6.26. The summed E-state index contributed by atoms with van der Waals surface area (Å²) in [6.45, 7) is 11.2. The van der Waals surface area contributed by atoms with Crippen molar-refractivity contribution in [2.45, 2.75) is 90.1 Å². The minimum absolute atomic E-state index is 0. The molecule has 2 aromatic carbocycles. The van der Waals surface area contributed by atoms with Crippen LogP contribution in [0.5, 0.6) is 11.5 Å². The third-order valence-electron chi connectivity index (χ3n) is 6.79. The van der Waals surface area contributed by atoms with E-state index in [4.69, 9.17) is 0 Å². The van der Waals surface area contributed by atoms with Crippen molar-refractivity contribution < 1.29 is 61.4 Å². The average Bonchev–Trinajstić information content (AvgIpc) is 2.81. The second-order valence-corrected chi connectivity index (χ2v) is 11.9. The maximum atomic E-state index is 11.5. The number of nitro groups is 2. The summed E-state index contributed by atoms with van der Waals surface area (Å²) < 4.78 is 0. The van der Waals surface area contributed by atoms with Crippen LogP contribution < -0.4 is 24.0 Å². The van der Waals surface area contributed by atoms with E-state index in [1.807, 2.05) is 41.5 Å². The van der Waals surface area contributed by atoms with E-state index in [-0.39, 0.29) is 87.4 Å². The molecule has 2 N–H and O–H groups in total. The van der Waals surface area contributed by atoms with Gasteiger partial charge in [0.1, 0.15) is 11.5 Å². The van der Waals surface area contributed by atoms with Crippen LogP contribution in [0.1, 0.15) is 89.5 Å². The molecule has 1 aliphatic carbocycles. The maximum Gasteiger partial charge on any atom is 0.270 e. The number of phenols is 2. The van der Waals surface area contributed by atoms with Crippen molar-refractivity contribution in [2.24, 2.45) is 9.98 Å². The number of aromatic hydroxyl groups is 2. The van der Waals surface area contributed by atoms with Crippen LogP contribution in [0.2, 0.25) is 0 Å². The van der Waals surface area contributed by atoms with Gasteiger partial charge in [-0.25, -0.2) is 0 Å². The Labute approximate surface area is 262 Å². The first-order valence-corrected chi connectivity index (χ1v) is 12.7. The van der Waals surface area contributed by atoms with Crippen LogP contribution in [0.25, 0.3) is 0 Å². The summed E-state index contributed by atoms with van der Waals surface area (Å²) in [6, 6.07) is 4.89. The first-order valence-electron chi connectivity index (χ1n) is 12.7. The van der Waals surface area contributed by atoms with Gasteiger partial charge in [-0.2, -0.15) is 0 Å². The molecule has 0 radical (unpaired) electrons. The molecule has 218 valence electrons. The number of benzene rings is 2. The van der Waals surface area contributed by atoms with E-state index in [2.05, 4.69) is 9.98 Å². The van der Waals surface area contributed by atoms with Gasteiger partial charge in [-0.1, -0.05) is 54.4 Å². The molecule has 12 heteroatoms. The van der Waals surface area contributed by atoms with Gasteiger partial charge in [0.2, 0.25) is 0 Å². The number of non-ortho nitro benzene ring substituents is 2. The molecule has 1 fully saturated rings. The van der Waals surface area contributed by atoms with Gasteiger partial charge in [0.25, 0.3) is 11.4 Å². The number of nitrogens with zero attached hydrogens (tertiary/aromatic N) is 4. The number of phenolic OH excluding ortho intramolecular Hbond substituents is 2. The van der Waals surface area contributed by atoms with E-state index in [0.717, 1.165) is 25.7 Å². The Morgan fingerprint density at radius 3 is 1.35 bits per heavy atom. The number of nitro benzene ring substituents is 2. The molecule has 0 spiro atoms. The van der Waals surface area contributed by atoms with E-state index in [9.17, 15) is 30.4 Å². The van der Waals surface area contributed by atoms with Gasteiger partial charge < -0.3 is 34.2 Å². The molecule has 0 aliphatic heterocycles. The SMILES string of the molecule is CC(C)(C)c1cc([N+](=O)[O-])cc(C=N[C@@H]2CCCC[C@H]2N=Cc2cc([N+](=O)[O-])cc(C(C)(C)C)c2O)c1O.[Cr].[I-]. The van der Waals surface area contributed by atoms with Crippen LogP contribution >= 0.6 is 0 Å². The minimum atomic E-state index is -0.511. The Bertz CT molecular complexity index is 1200. The first kappa shape index (κ1) is 35.5. The molecule has 0 bridgehead atoms. The molecule has 40 heavy (non-hydrogen) atoms. The van der Waals surface area contributed by atoms with Crippen molar-refractivity contribution in [3.63, 3.8) is 0 Å². The van der Waals surface area contributed by atoms with E-state index < -0.39 is 20.7 Å². The Morgan fingerprint density at radius 2 is 1.07 bits per heavy atom. The summed E-state index contributed by atoms with van der Waals surface area (Å²) in [4.78, 5) is 31.3. The topological polar surface area (TPSA) is 151 Å². The van der Waals surface area contributed by atoms with Gasteiger partial charge in [0.05, 0.1) is 21.9 Å². The van der Waals surface area contributed by atoms with E-state index >= 15 is 0 Å². The van der Waals surface area contributed by atoms with Crippen molar-refractivity contribution in [1.82, 2.24) is 0 Å². The molecule has 0 saturated heterocycles. The van der Waals surface area contributed by atoms with E-state index in [1.165, 1.54) is 36.7 Å². The molecule has 1 aliphatic rings. The zero-order valence-corrected chi connectivity index (χ0v) is 27.0. The number of aliphatic imine (C=N–C) groups is 2. The van der Waals surface area contributed by atoms with Crippen LogP contribution in [-0.4, -0.2) is 44.6 Å². The van der Waals surface area contributed by atoms with Crippen molar-refractivity contribution in [3.05, 3.63) is 66.7 Å². The van der Waals surface area contributed by atoms with Crippen molar-refractivity contribution >= 4 is 23.8 Å². The van der Waals surface area contributed by atoms with Crippen LogP contribution in [0.15, 0.2) is 34.3 Å². The zero-order valence-electron chi connectivity index (χ0n) is 23.5. The molecule has 1 saturated carbocycles. The van der Waals surface area contributed by atoms with Gasteiger partial charge >= 0.3 is 0 Å². The quantitative estimate of drug-likeness (QED) is 0.204. The number of halogens is 1. The van der Waals surface area contributed by atoms with Crippen LogP contribution in [0, 0.1) is 20.2 Å². The Morgan fingerprint density at radius 1 is 0.750 bits per heavy atom. The van der Waals surface area contributed by atoms with Gasteiger partial charge in [0.15, 0.2) is 0 Å². The second kappa shape index (κ2) is 13.9. The maximum absolute atomic E-state index is 11.5. The van der Waals surface area contributed by atoms with E-state index in [0.29, 0.717) is 11.1 Å². The largest absolute Gasteiger partial charge is 1.00 e. The fraction of sp³-hybridized carbons (Fsp3) is 0.500. The van der Waals surface area contributed by atoms with Gasteiger partial charge in [-0.05, 0) is 23.7 Å². The Balaban J connectivity index is 0.00000400. The second-order valence-electron chi connectivity index (χ2n) is 11.9. The van der Waals surface area contributed by atoms with E-state index in [1.54, 1.807) is 0 Å². The molecule has 0 unspecified atom stereocenters. The fourth-order valence-corrected chi connectivity index (χ4v) is 4.62. The first-order chi connectivity index (χ1) is 17.6. The molecular formula is C28H36CrIN4O6-. The van der Waals surface area contributed by atoms with Crippen molar-refractivity contribution in [3.8, 4) is 11.5 Å². The number of rotatable bonds is 6. The summed E-state index contributed by atoms with van der Waals surface area (Å²) in [5, 5.41) is 44.7. The number of hydrogen-bond donors (Lipinski definition) is 2. The summed E-state index contributed by atoms with van der Waals surface area (Å²) in [5.74, 6) is -0.0853. The zero-order chi connectivity index (χ0) is 28.4. The summed E-state index contributed by atoms with van der Waals surface area (Å²) in [5.41, 5.74) is 0.188. The summed E-state index contributed by atoms with van der Waals surface area (Å²) >= 11 is 0. The summed E-state index contributed by atoms with van der Waals surface area (Å²) in [7, 11) is 0. The Kier molecular flexibility index (Phi) is 12.3. The molecule has 2 atom stereocenters. The predicted molar refractivity (Wildman–Crippen MR) is 148 cm³/mol. The standard InChI is InChI=1S/C28H36N4O6.Cr.HI/c1-27(2,3)21-13-19(31(35)36)11-17(25(21)33)15-29-23-9-7-8-10-24(23)30-16-18-12-20(32(37)38)14-22(26(18)34)28(4,5)6;;/h11-16,23-24,33-34H,7-10H2,1-6H3;;1H/p-1/t23-,24-;;/m1../s1. The smallest absolute Gasteiger partial charge is 0.270 e. The van der Waals surface area contributed by atoms with Crippen LogP contribution in [0.4, 0.5) is 11.4 Å². The molecule has 2 aromatic rings. The third-order valence-corrected chi connectivity index (χ3v) is 6.79. The van der Waals surface area contributed by atoms with Crippen molar-refractivity contribution in [2.75, 3.05) is 0 Å². The molecule has 0 amide bonds. The number of hydrogen-bond acceptors (Lipinski definition) is 8. The fourth-order valence-electron chi connectivity index (χ4n) is 4.62. The predicted octanol–water partition coefficient (Wildman–Crippen LogP) is 3.36. The molecule has 3 rings (SSSR count). The van der Waals surface area contributed by atoms with Gasteiger partial charge in [0, 0.05) is 76.3 Å². The molecule has 0 aromatic heterocycles. The Hall–Kier alpha value is -2.56. The van der Waals surface area contributed by atoms with Crippen LogP contribution in [0.3, 0.4) is 0 Å². The minimum Gasteiger partial charge on any atom is -1.00 e. The third kappa shape index (κ3) is 8.47. The van der Waals surface area contributed by atoms with Gasteiger partial charge in [-0.15, -0.1) is 0 Å². The van der Waals surface area contributed by atoms with Gasteiger partial charge in [-0.3, -0.25) is 30.2 Å². The average molecular weight is 704 g/mol. The van der Waals surface area contributed by atoms with Crippen molar-refractivity contribution in [1.29, 1.82) is 0 Å². The molecular weight excluding hydrogens is 667 g/mol. The monoisotopic (exact) mass is 703 g/mol. The normalized spacial score (nSPS) is 17.9. The molecule has 10 nitrogen and oxygen atoms in total.